The van der Waals surface area contributed by atoms with Gasteiger partial charge in [0, 0.05) is 30.9 Å². The molecular weight excluding hydrogens is 218 g/mol. The second kappa shape index (κ2) is 4.55. The van der Waals surface area contributed by atoms with E-state index in [4.69, 9.17) is 9.47 Å². The van der Waals surface area contributed by atoms with E-state index in [9.17, 15) is 5.11 Å². The number of phenolic OH excluding ortho intramolecular Hbond substituents is 1. The van der Waals surface area contributed by atoms with E-state index in [0.29, 0.717) is 12.6 Å². The van der Waals surface area contributed by atoms with E-state index in [0.717, 1.165) is 37.4 Å². The summed E-state index contributed by atoms with van der Waals surface area (Å²) in [6.45, 7) is 2.33. The van der Waals surface area contributed by atoms with Gasteiger partial charge in [-0.3, -0.25) is 0 Å². The first-order chi connectivity index (χ1) is 8.33. The highest BCUT2D eigenvalue weighted by atomic mass is 16.5. The molecule has 1 aromatic rings. The third kappa shape index (κ3) is 2.23. The van der Waals surface area contributed by atoms with Crippen molar-refractivity contribution >= 4 is 0 Å². The Labute approximate surface area is 101 Å². The van der Waals surface area contributed by atoms with Gasteiger partial charge in [-0.05, 0) is 25.0 Å². The largest absolute Gasteiger partial charge is 0.508 e. The maximum Gasteiger partial charge on any atom is 0.127 e. The maximum absolute atomic E-state index is 9.39. The molecule has 1 fully saturated rings. The van der Waals surface area contributed by atoms with Crippen molar-refractivity contribution in [3.05, 3.63) is 23.8 Å². The number of aromatic hydroxyl groups is 1. The number of hydrogen-bond donors (Lipinski definition) is 2. The molecule has 3 rings (SSSR count). The first-order valence-electron chi connectivity index (χ1n) is 6.12. The molecule has 1 atom stereocenters. The van der Waals surface area contributed by atoms with Crippen LogP contribution in [0.25, 0.3) is 0 Å². The first-order valence-corrected chi connectivity index (χ1v) is 6.12. The summed E-state index contributed by atoms with van der Waals surface area (Å²) in [6.07, 6.45) is 2.12. The molecule has 0 bridgehead atoms. The fourth-order valence-corrected chi connectivity index (χ4v) is 2.49. The van der Waals surface area contributed by atoms with Crippen LogP contribution in [-0.4, -0.2) is 31.0 Å². The van der Waals surface area contributed by atoms with E-state index in [1.807, 2.05) is 6.07 Å². The van der Waals surface area contributed by atoms with Gasteiger partial charge in [0.05, 0.1) is 6.04 Å². The van der Waals surface area contributed by atoms with Gasteiger partial charge in [0.15, 0.2) is 0 Å². The standard InChI is InChI=1S/C13H17NO3/c15-10-1-2-11-12(8-17-13(11)7-10)14-9-3-5-16-6-4-9/h1-2,7,9,12,14-15H,3-6,8H2. The number of phenols is 1. The van der Waals surface area contributed by atoms with Gasteiger partial charge in [-0.1, -0.05) is 0 Å². The minimum atomic E-state index is 0.244. The third-order valence-electron chi connectivity index (χ3n) is 3.44. The van der Waals surface area contributed by atoms with Crippen molar-refractivity contribution in [3.63, 3.8) is 0 Å². The van der Waals surface area contributed by atoms with Crippen LogP contribution in [0.2, 0.25) is 0 Å². The summed E-state index contributed by atoms with van der Waals surface area (Å²) in [5.41, 5.74) is 1.15. The zero-order valence-corrected chi connectivity index (χ0v) is 9.69. The summed E-state index contributed by atoms with van der Waals surface area (Å²) in [5, 5.41) is 13.0. The first kappa shape index (κ1) is 10.9. The summed E-state index contributed by atoms with van der Waals surface area (Å²) in [4.78, 5) is 0. The Kier molecular flexibility index (Phi) is 2.91. The van der Waals surface area contributed by atoms with Crippen LogP contribution >= 0.6 is 0 Å². The molecule has 1 saturated heterocycles. The quantitative estimate of drug-likeness (QED) is 0.817. The van der Waals surface area contributed by atoms with E-state index < -0.39 is 0 Å². The third-order valence-corrected chi connectivity index (χ3v) is 3.44. The van der Waals surface area contributed by atoms with Gasteiger partial charge in [0.25, 0.3) is 0 Å². The minimum Gasteiger partial charge on any atom is -0.508 e. The molecule has 4 heteroatoms. The molecule has 4 nitrogen and oxygen atoms in total. The van der Waals surface area contributed by atoms with Crippen molar-refractivity contribution in [1.29, 1.82) is 0 Å². The van der Waals surface area contributed by atoms with Crippen LogP contribution in [0.1, 0.15) is 24.4 Å². The van der Waals surface area contributed by atoms with Gasteiger partial charge in [-0.2, -0.15) is 0 Å². The number of nitrogens with one attached hydrogen (secondary N) is 1. The van der Waals surface area contributed by atoms with Gasteiger partial charge >= 0.3 is 0 Å². The number of ether oxygens (including phenoxy) is 2. The van der Waals surface area contributed by atoms with Crippen LogP contribution in [0.5, 0.6) is 11.5 Å². The molecule has 1 aromatic carbocycles. The van der Waals surface area contributed by atoms with Crippen molar-refractivity contribution in [2.24, 2.45) is 0 Å². The van der Waals surface area contributed by atoms with Crippen molar-refractivity contribution in [1.82, 2.24) is 5.32 Å². The summed E-state index contributed by atoms with van der Waals surface area (Å²) in [5.74, 6) is 1.06. The number of hydrogen-bond acceptors (Lipinski definition) is 4. The molecule has 17 heavy (non-hydrogen) atoms. The highest BCUT2D eigenvalue weighted by molar-refractivity contribution is 5.44. The summed E-state index contributed by atoms with van der Waals surface area (Å²) in [6, 6.07) is 6.09. The molecule has 0 aliphatic carbocycles. The monoisotopic (exact) mass is 235 g/mol. The van der Waals surface area contributed by atoms with E-state index in [1.165, 1.54) is 0 Å². The van der Waals surface area contributed by atoms with Gasteiger partial charge in [0.1, 0.15) is 18.1 Å². The summed E-state index contributed by atoms with van der Waals surface area (Å²) in [7, 11) is 0. The SMILES string of the molecule is Oc1ccc2c(c1)OCC2NC1CCOCC1. The molecule has 2 aliphatic heterocycles. The minimum absolute atomic E-state index is 0.244. The molecular formula is C13H17NO3. The molecule has 2 aliphatic rings. The summed E-state index contributed by atoms with van der Waals surface area (Å²) < 4.78 is 10.9. The van der Waals surface area contributed by atoms with Gasteiger partial charge in [-0.25, -0.2) is 0 Å². The molecule has 2 heterocycles. The average molecular weight is 235 g/mol. The van der Waals surface area contributed by atoms with E-state index >= 15 is 0 Å². The lowest BCUT2D eigenvalue weighted by Gasteiger charge is -2.26. The number of rotatable bonds is 2. The Hall–Kier alpha value is -1.26. The molecule has 0 spiro atoms. The second-order valence-corrected chi connectivity index (χ2v) is 4.64. The zero-order chi connectivity index (χ0) is 11.7. The van der Waals surface area contributed by atoms with Crippen molar-refractivity contribution in [2.75, 3.05) is 19.8 Å². The number of benzene rings is 1. The number of fused-ring (bicyclic) bond motifs is 1. The lowest BCUT2D eigenvalue weighted by Crippen LogP contribution is -2.37. The lowest BCUT2D eigenvalue weighted by atomic mass is 10.0. The van der Waals surface area contributed by atoms with E-state index in [-0.39, 0.29) is 11.8 Å². The Morgan fingerprint density at radius 3 is 2.88 bits per heavy atom. The van der Waals surface area contributed by atoms with Crippen molar-refractivity contribution < 1.29 is 14.6 Å². The molecule has 0 aromatic heterocycles. The molecule has 0 radical (unpaired) electrons. The summed E-state index contributed by atoms with van der Waals surface area (Å²) >= 11 is 0. The average Bonchev–Trinajstić information content (AvgIpc) is 2.73. The van der Waals surface area contributed by atoms with Crippen LogP contribution in [0.15, 0.2) is 18.2 Å². The fraction of sp³-hybridized carbons (Fsp3) is 0.538. The van der Waals surface area contributed by atoms with Gasteiger partial charge in [0.2, 0.25) is 0 Å². The van der Waals surface area contributed by atoms with Crippen LogP contribution in [0.3, 0.4) is 0 Å². The van der Waals surface area contributed by atoms with Crippen LogP contribution < -0.4 is 10.1 Å². The predicted octanol–water partition coefficient (Wildman–Crippen LogP) is 1.59. The highest BCUT2D eigenvalue weighted by Gasteiger charge is 2.27. The van der Waals surface area contributed by atoms with E-state index in [2.05, 4.69) is 5.32 Å². The van der Waals surface area contributed by atoms with E-state index in [1.54, 1.807) is 12.1 Å². The second-order valence-electron chi connectivity index (χ2n) is 4.64. The van der Waals surface area contributed by atoms with Crippen molar-refractivity contribution in [2.45, 2.75) is 24.9 Å². The van der Waals surface area contributed by atoms with Gasteiger partial charge in [-0.15, -0.1) is 0 Å². The maximum atomic E-state index is 9.39. The molecule has 2 N–H and O–H groups in total. The van der Waals surface area contributed by atoms with Crippen molar-refractivity contribution in [3.8, 4) is 11.5 Å². The Balaban J connectivity index is 1.70. The highest BCUT2D eigenvalue weighted by Crippen LogP contribution is 2.35. The van der Waals surface area contributed by atoms with Crippen LogP contribution in [-0.2, 0) is 4.74 Å². The molecule has 0 saturated carbocycles. The molecule has 1 unspecified atom stereocenters. The normalized spacial score (nSPS) is 24.4. The lowest BCUT2D eigenvalue weighted by molar-refractivity contribution is 0.0738. The van der Waals surface area contributed by atoms with Crippen LogP contribution in [0, 0.1) is 0 Å². The Bertz CT molecular complexity index is 402. The molecule has 0 amide bonds. The Morgan fingerprint density at radius 1 is 1.24 bits per heavy atom. The Morgan fingerprint density at radius 2 is 2.06 bits per heavy atom. The zero-order valence-electron chi connectivity index (χ0n) is 9.69. The topological polar surface area (TPSA) is 50.7 Å². The smallest absolute Gasteiger partial charge is 0.127 e. The van der Waals surface area contributed by atoms with Gasteiger partial charge < -0.3 is 19.9 Å². The van der Waals surface area contributed by atoms with Crippen LogP contribution in [0.4, 0.5) is 0 Å². The molecule has 92 valence electrons. The fourth-order valence-electron chi connectivity index (χ4n) is 2.49. The predicted molar refractivity (Wildman–Crippen MR) is 63.3 cm³/mol.